The first-order valence-electron chi connectivity index (χ1n) is 5.63. The van der Waals surface area contributed by atoms with E-state index >= 15 is 0 Å². The minimum absolute atomic E-state index is 0.455. The van der Waals surface area contributed by atoms with E-state index in [-0.39, 0.29) is 0 Å². The highest BCUT2D eigenvalue weighted by Gasteiger charge is 2.29. The number of rotatable bonds is 2. The Hall–Kier alpha value is -1.59. The van der Waals surface area contributed by atoms with Crippen LogP contribution < -0.4 is 14.4 Å². The Morgan fingerprint density at radius 3 is 2.50 bits per heavy atom. The van der Waals surface area contributed by atoms with E-state index in [1.54, 1.807) is 18.2 Å². The predicted molar refractivity (Wildman–Crippen MR) is 61.4 cm³/mol. The maximum Gasteiger partial charge on any atom is 0.405 e. The van der Waals surface area contributed by atoms with Crippen LogP contribution in [0.25, 0.3) is 0 Å². The fourth-order valence-electron chi connectivity index (χ4n) is 1.75. The van der Waals surface area contributed by atoms with Gasteiger partial charge in [-0.2, -0.15) is 13.2 Å². The first-order valence-corrected chi connectivity index (χ1v) is 5.63. The Morgan fingerprint density at radius 2 is 1.83 bits per heavy atom. The molecule has 0 fully saturated rings. The van der Waals surface area contributed by atoms with Gasteiger partial charge in [-0.3, -0.25) is 0 Å². The molecular weight excluding hydrogens is 247 g/mol. The Balaban J connectivity index is 2.17. The summed E-state index contributed by atoms with van der Waals surface area (Å²) in [7, 11) is 1.40. The van der Waals surface area contributed by atoms with Gasteiger partial charge in [-0.05, 0) is 12.1 Å². The van der Waals surface area contributed by atoms with Crippen LogP contribution in [0, 0.1) is 0 Å². The van der Waals surface area contributed by atoms with E-state index in [2.05, 4.69) is 0 Å². The van der Waals surface area contributed by atoms with Gasteiger partial charge in [-0.1, -0.05) is 0 Å². The van der Waals surface area contributed by atoms with Crippen molar-refractivity contribution in [3.63, 3.8) is 0 Å². The molecular formula is C12H14F3NO2. The lowest BCUT2D eigenvalue weighted by Gasteiger charge is -2.21. The average Bonchev–Trinajstić information content (AvgIpc) is 2.50. The molecule has 100 valence electrons. The molecule has 0 radical (unpaired) electrons. The van der Waals surface area contributed by atoms with Gasteiger partial charge in [0.25, 0.3) is 0 Å². The zero-order valence-corrected chi connectivity index (χ0v) is 9.96. The molecule has 2 rings (SSSR count). The van der Waals surface area contributed by atoms with Crippen LogP contribution >= 0.6 is 0 Å². The molecule has 1 heterocycles. The molecule has 6 heteroatoms. The lowest BCUT2D eigenvalue weighted by Crippen LogP contribution is -2.30. The third-order valence-corrected chi connectivity index (χ3v) is 2.59. The van der Waals surface area contributed by atoms with E-state index in [0.717, 1.165) is 11.3 Å². The van der Waals surface area contributed by atoms with Gasteiger partial charge in [0.15, 0.2) is 11.5 Å². The number of fused-ring (bicyclic) bond motifs is 1. The van der Waals surface area contributed by atoms with E-state index in [1.807, 2.05) is 0 Å². The molecule has 0 spiro atoms. The van der Waals surface area contributed by atoms with Gasteiger partial charge >= 0.3 is 6.18 Å². The van der Waals surface area contributed by atoms with Gasteiger partial charge in [0.1, 0.15) is 6.54 Å². The van der Waals surface area contributed by atoms with E-state index in [4.69, 9.17) is 9.47 Å². The lowest BCUT2D eigenvalue weighted by molar-refractivity contribution is -0.119. The van der Waals surface area contributed by atoms with Crippen molar-refractivity contribution in [2.75, 3.05) is 31.7 Å². The van der Waals surface area contributed by atoms with Crippen LogP contribution in [0.4, 0.5) is 18.9 Å². The number of anilines is 1. The molecule has 0 atom stereocenters. The van der Waals surface area contributed by atoms with Gasteiger partial charge in [-0.15, -0.1) is 0 Å². The maximum atomic E-state index is 12.3. The van der Waals surface area contributed by atoms with Crippen LogP contribution in [0.3, 0.4) is 0 Å². The molecule has 1 aliphatic rings. The van der Waals surface area contributed by atoms with Crippen LogP contribution in [0.2, 0.25) is 0 Å². The molecule has 18 heavy (non-hydrogen) atoms. The van der Waals surface area contributed by atoms with Gasteiger partial charge in [0.2, 0.25) is 0 Å². The SMILES string of the molecule is CN(CC(F)(F)F)c1ccc2c(c1)OCCCO2. The summed E-state index contributed by atoms with van der Waals surface area (Å²) in [5.74, 6) is 1.08. The van der Waals surface area contributed by atoms with E-state index < -0.39 is 12.7 Å². The normalized spacial score (nSPS) is 15.1. The van der Waals surface area contributed by atoms with Gasteiger partial charge in [0, 0.05) is 25.2 Å². The summed E-state index contributed by atoms with van der Waals surface area (Å²) in [4.78, 5) is 1.13. The fourth-order valence-corrected chi connectivity index (χ4v) is 1.75. The Morgan fingerprint density at radius 1 is 1.17 bits per heavy atom. The first-order chi connectivity index (χ1) is 8.46. The average molecular weight is 261 g/mol. The highest BCUT2D eigenvalue weighted by molar-refractivity contribution is 5.56. The first kappa shape index (κ1) is 12.9. The predicted octanol–water partition coefficient (Wildman–Crippen LogP) is 2.85. The highest BCUT2D eigenvalue weighted by atomic mass is 19.4. The summed E-state index contributed by atoms with van der Waals surface area (Å²) in [6.07, 6.45) is -3.46. The van der Waals surface area contributed by atoms with E-state index in [0.29, 0.717) is 30.4 Å². The minimum Gasteiger partial charge on any atom is -0.490 e. The van der Waals surface area contributed by atoms with Crippen LogP contribution in [-0.2, 0) is 0 Å². The van der Waals surface area contributed by atoms with Crippen molar-refractivity contribution in [2.24, 2.45) is 0 Å². The van der Waals surface area contributed by atoms with Gasteiger partial charge in [0.05, 0.1) is 13.2 Å². The number of nitrogens with zero attached hydrogens (tertiary/aromatic N) is 1. The van der Waals surface area contributed by atoms with Crippen molar-refractivity contribution in [1.29, 1.82) is 0 Å². The molecule has 1 aliphatic heterocycles. The Labute approximate surface area is 103 Å². The third kappa shape index (κ3) is 3.21. The highest BCUT2D eigenvalue weighted by Crippen LogP contribution is 2.34. The minimum atomic E-state index is -4.22. The summed E-state index contributed by atoms with van der Waals surface area (Å²) < 4.78 is 47.7. The summed E-state index contributed by atoms with van der Waals surface area (Å²) in [6.45, 7) is 0.0802. The molecule has 0 amide bonds. The number of hydrogen-bond donors (Lipinski definition) is 0. The summed E-state index contributed by atoms with van der Waals surface area (Å²) >= 11 is 0. The fraction of sp³-hybridized carbons (Fsp3) is 0.500. The second kappa shape index (κ2) is 4.96. The summed E-state index contributed by atoms with van der Waals surface area (Å²) in [5, 5.41) is 0. The molecule has 0 saturated heterocycles. The Bertz CT molecular complexity index is 420. The van der Waals surface area contributed by atoms with Crippen molar-refractivity contribution >= 4 is 5.69 Å². The van der Waals surface area contributed by atoms with Crippen molar-refractivity contribution < 1.29 is 22.6 Å². The topological polar surface area (TPSA) is 21.7 Å². The second-order valence-electron chi connectivity index (χ2n) is 4.15. The van der Waals surface area contributed by atoms with Crippen molar-refractivity contribution in [3.8, 4) is 11.5 Å². The number of hydrogen-bond acceptors (Lipinski definition) is 3. The molecule has 0 N–H and O–H groups in total. The summed E-state index contributed by atoms with van der Waals surface area (Å²) in [6, 6.07) is 4.81. The molecule has 0 aliphatic carbocycles. The molecule has 1 aromatic rings. The number of benzene rings is 1. The largest absolute Gasteiger partial charge is 0.490 e. The summed E-state index contributed by atoms with van der Waals surface area (Å²) in [5.41, 5.74) is 0.455. The van der Waals surface area contributed by atoms with Crippen molar-refractivity contribution in [2.45, 2.75) is 12.6 Å². The monoisotopic (exact) mass is 261 g/mol. The molecule has 0 aromatic heterocycles. The molecule has 0 bridgehead atoms. The zero-order chi connectivity index (χ0) is 13.2. The van der Waals surface area contributed by atoms with Crippen LogP contribution in [-0.4, -0.2) is 33.0 Å². The van der Waals surface area contributed by atoms with Gasteiger partial charge in [-0.25, -0.2) is 0 Å². The third-order valence-electron chi connectivity index (χ3n) is 2.59. The van der Waals surface area contributed by atoms with E-state index in [1.165, 1.54) is 7.05 Å². The second-order valence-corrected chi connectivity index (χ2v) is 4.15. The van der Waals surface area contributed by atoms with Crippen LogP contribution in [0.5, 0.6) is 11.5 Å². The molecule has 3 nitrogen and oxygen atoms in total. The van der Waals surface area contributed by atoms with E-state index in [9.17, 15) is 13.2 Å². The smallest absolute Gasteiger partial charge is 0.405 e. The van der Waals surface area contributed by atoms with Crippen molar-refractivity contribution in [1.82, 2.24) is 0 Å². The molecule has 1 aromatic carbocycles. The van der Waals surface area contributed by atoms with Gasteiger partial charge < -0.3 is 14.4 Å². The Kier molecular flexibility index (Phi) is 3.54. The molecule has 0 saturated carbocycles. The van der Waals surface area contributed by atoms with Crippen LogP contribution in [0.1, 0.15) is 6.42 Å². The lowest BCUT2D eigenvalue weighted by atomic mass is 10.2. The molecule has 0 unspecified atom stereocenters. The standard InChI is InChI=1S/C12H14F3NO2/c1-16(8-12(13,14)15)9-3-4-10-11(7-9)18-6-2-5-17-10/h3-4,7H,2,5-6,8H2,1H3. The number of alkyl halides is 3. The number of ether oxygens (including phenoxy) is 2. The number of halogens is 3. The van der Waals surface area contributed by atoms with Crippen LogP contribution in [0.15, 0.2) is 18.2 Å². The zero-order valence-electron chi connectivity index (χ0n) is 9.96. The quantitative estimate of drug-likeness (QED) is 0.817. The maximum absolute atomic E-state index is 12.3. The van der Waals surface area contributed by atoms with Crippen molar-refractivity contribution in [3.05, 3.63) is 18.2 Å².